The molecule has 5 rings (SSSR count). The van der Waals surface area contributed by atoms with Crippen LogP contribution >= 0.6 is 15.9 Å². The molecule has 0 aliphatic rings. The average Bonchev–Trinajstić information content (AvgIpc) is 3.19. The van der Waals surface area contributed by atoms with E-state index in [9.17, 15) is 13.2 Å². The van der Waals surface area contributed by atoms with Crippen LogP contribution in [-0.2, 0) is 6.18 Å². The lowest BCUT2D eigenvalue weighted by Gasteiger charge is -2.11. The van der Waals surface area contributed by atoms with Crippen molar-refractivity contribution in [3.8, 4) is 33.6 Å². The average molecular weight is 494 g/mol. The summed E-state index contributed by atoms with van der Waals surface area (Å²) >= 11 is 3.36. The number of rotatable bonds is 3. The number of nitrogens with zero attached hydrogens (tertiary/aromatic N) is 3. The number of alkyl halides is 3. The van der Waals surface area contributed by atoms with Crippen molar-refractivity contribution < 1.29 is 13.2 Å². The molecule has 7 heteroatoms. The van der Waals surface area contributed by atoms with Crippen LogP contribution in [0.1, 0.15) is 5.69 Å². The van der Waals surface area contributed by atoms with E-state index in [2.05, 4.69) is 26.0 Å². The predicted octanol–water partition coefficient (Wildman–Crippen LogP) is 7.51. The van der Waals surface area contributed by atoms with Crippen LogP contribution in [0.3, 0.4) is 0 Å². The monoisotopic (exact) mass is 493 g/mol. The van der Waals surface area contributed by atoms with Gasteiger partial charge in [-0.25, -0.2) is 9.50 Å². The number of aromatic nitrogens is 3. The smallest absolute Gasteiger partial charge is 0.228 e. The van der Waals surface area contributed by atoms with Gasteiger partial charge in [-0.2, -0.15) is 18.3 Å². The highest BCUT2D eigenvalue weighted by molar-refractivity contribution is 9.10. The summed E-state index contributed by atoms with van der Waals surface area (Å²) in [6.07, 6.45) is -4.61. The second-order valence-electron chi connectivity index (χ2n) is 7.22. The van der Waals surface area contributed by atoms with Gasteiger partial charge >= 0.3 is 6.18 Å². The SMILES string of the molecule is FC(F)(F)c1cc(-c2ccc(Br)cc2)nc2c(-c3ccccc3)c(-c3ccccc3)nn12. The van der Waals surface area contributed by atoms with E-state index < -0.39 is 11.9 Å². The molecule has 0 aliphatic heterocycles. The molecule has 0 unspecified atom stereocenters. The fraction of sp³-hybridized carbons (Fsp3) is 0.0400. The summed E-state index contributed by atoms with van der Waals surface area (Å²) in [6.45, 7) is 0. The molecule has 0 bridgehead atoms. The number of hydrogen-bond acceptors (Lipinski definition) is 2. The Labute approximate surface area is 190 Å². The first-order valence-corrected chi connectivity index (χ1v) is 10.6. The van der Waals surface area contributed by atoms with Crippen LogP contribution in [0.4, 0.5) is 13.2 Å². The molecular formula is C25H15BrF3N3. The Balaban J connectivity index is 1.89. The quantitative estimate of drug-likeness (QED) is 0.260. The van der Waals surface area contributed by atoms with Crippen molar-refractivity contribution in [1.82, 2.24) is 14.6 Å². The minimum atomic E-state index is -4.61. The van der Waals surface area contributed by atoms with Crippen LogP contribution in [0.5, 0.6) is 0 Å². The first-order chi connectivity index (χ1) is 15.4. The second kappa shape index (κ2) is 7.91. The van der Waals surface area contributed by atoms with Gasteiger partial charge in [-0.15, -0.1) is 0 Å². The summed E-state index contributed by atoms with van der Waals surface area (Å²) in [7, 11) is 0. The molecule has 2 aromatic heterocycles. The summed E-state index contributed by atoms with van der Waals surface area (Å²) < 4.78 is 44.1. The van der Waals surface area contributed by atoms with E-state index in [0.29, 0.717) is 16.8 Å². The Kier molecular flexibility index (Phi) is 5.06. The molecule has 32 heavy (non-hydrogen) atoms. The zero-order valence-corrected chi connectivity index (χ0v) is 18.1. The number of fused-ring (bicyclic) bond motifs is 1. The molecule has 0 atom stereocenters. The lowest BCUT2D eigenvalue weighted by molar-refractivity contribution is -0.142. The van der Waals surface area contributed by atoms with Crippen molar-refractivity contribution in [2.75, 3.05) is 0 Å². The third-order valence-corrected chi connectivity index (χ3v) is 5.66. The third-order valence-electron chi connectivity index (χ3n) is 5.13. The number of halogens is 4. The minimum Gasteiger partial charge on any atom is -0.228 e. The minimum absolute atomic E-state index is 0.155. The molecule has 0 N–H and O–H groups in total. The van der Waals surface area contributed by atoms with Crippen LogP contribution in [0.25, 0.3) is 39.3 Å². The van der Waals surface area contributed by atoms with Gasteiger partial charge in [0.05, 0.1) is 11.3 Å². The van der Waals surface area contributed by atoms with Gasteiger partial charge in [0.25, 0.3) is 0 Å². The van der Waals surface area contributed by atoms with E-state index in [1.165, 1.54) is 0 Å². The highest BCUT2D eigenvalue weighted by atomic mass is 79.9. The predicted molar refractivity (Wildman–Crippen MR) is 122 cm³/mol. The third kappa shape index (κ3) is 3.69. The second-order valence-corrected chi connectivity index (χ2v) is 8.14. The van der Waals surface area contributed by atoms with Crippen molar-refractivity contribution in [2.24, 2.45) is 0 Å². The largest absolute Gasteiger partial charge is 0.433 e. The van der Waals surface area contributed by atoms with Crippen molar-refractivity contribution in [3.63, 3.8) is 0 Å². The molecule has 3 aromatic carbocycles. The van der Waals surface area contributed by atoms with Crippen LogP contribution in [-0.4, -0.2) is 14.6 Å². The van der Waals surface area contributed by atoms with Gasteiger partial charge < -0.3 is 0 Å². The first kappa shape index (κ1) is 20.5. The molecule has 0 amide bonds. The molecule has 0 spiro atoms. The number of benzene rings is 3. The molecule has 0 aliphatic carbocycles. The summed E-state index contributed by atoms with van der Waals surface area (Å²) in [6, 6.07) is 26.5. The topological polar surface area (TPSA) is 30.2 Å². The summed E-state index contributed by atoms with van der Waals surface area (Å²) in [5.74, 6) is 0. The fourth-order valence-corrected chi connectivity index (χ4v) is 3.92. The summed E-state index contributed by atoms with van der Waals surface area (Å²) in [4.78, 5) is 4.66. The van der Waals surface area contributed by atoms with E-state index in [1.807, 2.05) is 60.7 Å². The Bertz CT molecular complexity index is 1390. The summed E-state index contributed by atoms with van der Waals surface area (Å²) in [5.41, 5.74) is 2.56. The van der Waals surface area contributed by atoms with Crippen molar-refractivity contribution in [2.45, 2.75) is 6.18 Å². The lowest BCUT2D eigenvalue weighted by Crippen LogP contribution is -2.13. The molecule has 5 aromatic rings. The molecule has 0 fully saturated rings. The Morgan fingerprint density at radius 2 is 1.31 bits per heavy atom. The maximum atomic E-state index is 14.1. The van der Waals surface area contributed by atoms with Crippen molar-refractivity contribution in [3.05, 3.63) is 101 Å². The first-order valence-electron chi connectivity index (χ1n) is 9.79. The lowest BCUT2D eigenvalue weighted by atomic mass is 10.0. The van der Waals surface area contributed by atoms with Gasteiger partial charge in [0, 0.05) is 15.6 Å². The molecule has 3 nitrogen and oxygen atoms in total. The Hall–Kier alpha value is -3.45. The van der Waals surface area contributed by atoms with Crippen LogP contribution in [0, 0.1) is 0 Å². The fourth-order valence-electron chi connectivity index (χ4n) is 3.66. The summed E-state index contributed by atoms with van der Waals surface area (Å²) in [5, 5.41) is 4.40. The normalized spacial score (nSPS) is 11.8. The van der Waals surface area contributed by atoms with E-state index in [-0.39, 0.29) is 11.3 Å². The van der Waals surface area contributed by atoms with Crippen LogP contribution in [0.15, 0.2) is 95.5 Å². The van der Waals surface area contributed by atoms with Crippen molar-refractivity contribution in [1.29, 1.82) is 0 Å². The van der Waals surface area contributed by atoms with Crippen LogP contribution in [0.2, 0.25) is 0 Å². The van der Waals surface area contributed by atoms with Gasteiger partial charge in [0.2, 0.25) is 0 Å². The number of hydrogen-bond donors (Lipinski definition) is 0. The molecule has 158 valence electrons. The maximum absolute atomic E-state index is 14.1. The molecule has 2 heterocycles. The van der Waals surface area contributed by atoms with E-state index in [1.54, 1.807) is 24.3 Å². The maximum Gasteiger partial charge on any atom is 0.433 e. The van der Waals surface area contributed by atoms with Crippen LogP contribution < -0.4 is 0 Å². The van der Waals surface area contributed by atoms with E-state index in [0.717, 1.165) is 26.2 Å². The molecule has 0 saturated carbocycles. The van der Waals surface area contributed by atoms with Gasteiger partial charge in [-0.3, -0.25) is 0 Å². The molecular weight excluding hydrogens is 479 g/mol. The van der Waals surface area contributed by atoms with Gasteiger partial charge in [-0.05, 0) is 23.8 Å². The van der Waals surface area contributed by atoms with Gasteiger partial charge in [0.15, 0.2) is 11.3 Å². The molecule has 0 radical (unpaired) electrons. The zero-order chi connectivity index (χ0) is 22.3. The van der Waals surface area contributed by atoms with E-state index >= 15 is 0 Å². The molecule has 0 saturated heterocycles. The highest BCUT2D eigenvalue weighted by Crippen LogP contribution is 2.39. The van der Waals surface area contributed by atoms with E-state index in [4.69, 9.17) is 0 Å². The Morgan fingerprint density at radius 1 is 0.719 bits per heavy atom. The zero-order valence-electron chi connectivity index (χ0n) is 16.5. The standard InChI is InChI=1S/C25H15BrF3N3/c26-19-13-11-16(12-14-19)20-15-21(25(27,28)29)32-24(30-20)22(17-7-3-1-4-8-17)23(31-32)18-9-5-2-6-10-18/h1-15H. The van der Waals surface area contributed by atoms with Gasteiger partial charge in [-0.1, -0.05) is 88.7 Å². The highest BCUT2D eigenvalue weighted by Gasteiger charge is 2.36. The van der Waals surface area contributed by atoms with Gasteiger partial charge in [0.1, 0.15) is 5.69 Å². The van der Waals surface area contributed by atoms with Crippen molar-refractivity contribution >= 4 is 21.6 Å². The Morgan fingerprint density at radius 3 is 1.91 bits per heavy atom.